The van der Waals surface area contributed by atoms with E-state index in [4.69, 9.17) is 0 Å². The van der Waals surface area contributed by atoms with Crippen LogP contribution in [0.15, 0.2) is 53.9 Å². The molecule has 0 unspecified atom stereocenters. The quantitative estimate of drug-likeness (QED) is 0.615. The van der Waals surface area contributed by atoms with E-state index in [2.05, 4.69) is 25.9 Å². The highest BCUT2D eigenvalue weighted by molar-refractivity contribution is 5.93. The molecule has 1 aliphatic heterocycles. The van der Waals surface area contributed by atoms with Crippen molar-refractivity contribution >= 4 is 17.6 Å². The zero-order valence-corrected chi connectivity index (χ0v) is 15.9. The molecule has 1 aliphatic rings. The van der Waals surface area contributed by atoms with Gasteiger partial charge in [0, 0.05) is 36.4 Å². The number of aromatic nitrogens is 3. The van der Waals surface area contributed by atoms with Crippen LogP contribution >= 0.6 is 0 Å². The van der Waals surface area contributed by atoms with E-state index < -0.39 is 18.5 Å². The standard InChI is InChI=1S/C20H16F4N6O/c21-14-3-1-12(2-4-14)19-15(10-30(29-19)17-5-6-18(31)28-27-17)13-7-8-25-16(9-13)26-11-20(22,23)24/h1-4,7-10H,5-6,11H2,(H,25,26)(H,28,31). The van der Waals surface area contributed by atoms with Gasteiger partial charge in [-0.3, -0.25) is 4.79 Å². The van der Waals surface area contributed by atoms with Crippen LogP contribution in [0.25, 0.3) is 22.4 Å². The monoisotopic (exact) mass is 432 g/mol. The van der Waals surface area contributed by atoms with Crippen LogP contribution in [-0.4, -0.2) is 39.2 Å². The normalized spacial score (nSPS) is 14.2. The molecule has 0 aliphatic carbocycles. The molecule has 0 bridgehead atoms. The fraction of sp³-hybridized carbons (Fsp3) is 0.200. The second-order valence-corrected chi connectivity index (χ2v) is 6.80. The fourth-order valence-electron chi connectivity index (χ4n) is 3.05. The minimum atomic E-state index is -4.38. The number of carbonyl (C=O) groups is 1. The SMILES string of the molecule is O=C1CCC(n2cc(-c3ccnc(NCC(F)(F)F)c3)c(-c3ccc(F)cc3)n2)=NN1. The molecule has 0 fully saturated rings. The third-order valence-electron chi connectivity index (χ3n) is 4.52. The maximum Gasteiger partial charge on any atom is 0.405 e. The van der Waals surface area contributed by atoms with Gasteiger partial charge in [0.1, 0.15) is 23.9 Å². The molecule has 11 heteroatoms. The number of anilines is 1. The minimum absolute atomic E-state index is 0.0508. The molecule has 0 saturated heterocycles. The maximum absolute atomic E-state index is 13.4. The average Bonchev–Trinajstić information content (AvgIpc) is 3.18. The Morgan fingerprint density at radius 1 is 1.10 bits per heavy atom. The zero-order valence-electron chi connectivity index (χ0n) is 15.9. The second kappa shape index (κ2) is 8.17. The smallest absolute Gasteiger partial charge is 0.361 e. The number of nitrogens with one attached hydrogen (secondary N) is 2. The fourth-order valence-corrected chi connectivity index (χ4v) is 3.05. The van der Waals surface area contributed by atoms with Crippen molar-refractivity contribution in [1.82, 2.24) is 20.2 Å². The van der Waals surface area contributed by atoms with Crippen molar-refractivity contribution in [2.24, 2.45) is 5.10 Å². The lowest BCUT2D eigenvalue weighted by atomic mass is 10.0. The first kappa shape index (κ1) is 20.5. The van der Waals surface area contributed by atoms with Crippen LogP contribution in [0.5, 0.6) is 0 Å². The number of hydrogen-bond acceptors (Lipinski definition) is 5. The van der Waals surface area contributed by atoms with Gasteiger partial charge in [-0.1, -0.05) is 0 Å². The summed E-state index contributed by atoms with van der Waals surface area (Å²) >= 11 is 0. The second-order valence-electron chi connectivity index (χ2n) is 6.80. The summed E-state index contributed by atoms with van der Waals surface area (Å²) in [5.41, 5.74) is 4.63. The molecular formula is C20H16F4N6O. The summed E-state index contributed by atoms with van der Waals surface area (Å²) in [7, 11) is 0. The number of amides is 1. The Labute approximate surface area is 173 Å². The van der Waals surface area contributed by atoms with Crippen molar-refractivity contribution in [3.8, 4) is 22.4 Å². The Morgan fingerprint density at radius 3 is 2.55 bits per heavy atom. The highest BCUT2D eigenvalue weighted by Gasteiger charge is 2.27. The molecule has 1 amide bonds. The molecule has 0 saturated carbocycles. The van der Waals surface area contributed by atoms with Crippen molar-refractivity contribution in [3.63, 3.8) is 0 Å². The number of halogens is 4. The Bertz CT molecular complexity index is 1140. The number of alkyl halides is 3. The number of carbonyl (C=O) groups excluding carboxylic acids is 1. The summed E-state index contributed by atoms with van der Waals surface area (Å²) in [6.07, 6.45) is -0.716. The van der Waals surface area contributed by atoms with Gasteiger partial charge >= 0.3 is 6.18 Å². The lowest BCUT2D eigenvalue weighted by Crippen LogP contribution is -2.29. The summed E-state index contributed by atoms with van der Waals surface area (Å²) in [4.78, 5) is 15.3. The van der Waals surface area contributed by atoms with Crippen LogP contribution in [0.1, 0.15) is 12.8 Å². The van der Waals surface area contributed by atoms with Gasteiger partial charge in [0.25, 0.3) is 0 Å². The van der Waals surface area contributed by atoms with Gasteiger partial charge in [-0.2, -0.15) is 23.4 Å². The molecule has 3 heterocycles. The molecule has 1 aromatic carbocycles. The summed E-state index contributed by atoms with van der Waals surface area (Å²) in [6.45, 7) is -1.22. The number of hydrazone groups is 1. The van der Waals surface area contributed by atoms with Crippen molar-refractivity contribution in [2.75, 3.05) is 11.9 Å². The summed E-state index contributed by atoms with van der Waals surface area (Å²) in [5.74, 6) is -0.0651. The maximum atomic E-state index is 13.4. The molecule has 4 rings (SSSR count). The van der Waals surface area contributed by atoms with Crippen LogP contribution in [-0.2, 0) is 4.79 Å². The predicted octanol–water partition coefficient (Wildman–Crippen LogP) is 3.80. The van der Waals surface area contributed by atoms with Crippen molar-refractivity contribution in [2.45, 2.75) is 19.0 Å². The Morgan fingerprint density at radius 2 is 1.87 bits per heavy atom. The Kier molecular flexibility index (Phi) is 5.40. The lowest BCUT2D eigenvalue weighted by Gasteiger charge is -2.11. The molecule has 160 valence electrons. The molecule has 2 aromatic heterocycles. The minimum Gasteiger partial charge on any atom is -0.361 e. The van der Waals surface area contributed by atoms with Gasteiger partial charge in [0.2, 0.25) is 5.91 Å². The molecule has 31 heavy (non-hydrogen) atoms. The van der Waals surface area contributed by atoms with Crippen molar-refractivity contribution < 1.29 is 22.4 Å². The van der Waals surface area contributed by atoms with E-state index in [1.807, 2.05) is 0 Å². The largest absolute Gasteiger partial charge is 0.405 e. The molecule has 0 radical (unpaired) electrons. The van der Waals surface area contributed by atoms with E-state index in [1.54, 1.807) is 24.4 Å². The van der Waals surface area contributed by atoms with E-state index >= 15 is 0 Å². The summed E-state index contributed by atoms with van der Waals surface area (Å²) in [6, 6.07) is 8.81. The van der Waals surface area contributed by atoms with Gasteiger partial charge in [-0.05, 0) is 42.0 Å². The van der Waals surface area contributed by atoms with E-state index in [9.17, 15) is 22.4 Å². The summed E-state index contributed by atoms with van der Waals surface area (Å²) in [5, 5.41) is 10.8. The van der Waals surface area contributed by atoms with Crippen LogP contribution in [0, 0.1) is 5.82 Å². The third kappa shape index (κ3) is 4.87. The predicted molar refractivity (Wildman–Crippen MR) is 106 cm³/mol. The van der Waals surface area contributed by atoms with Gasteiger partial charge in [-0.25, -0.2) is 19.5 Å². The average molecular weight is 432 g/mol. The summed E-state index contributed by atoms with van der Waals surface area (Å²) < 4.78 is 52.5. The number of benzene rings is 1. The van der Waals surface area contributed by atoms with E-state index in [-0.39, 0.29) is 18.1 Å². The molecule has 3 aromatic rings. The molecule has 0 spiro atoms. The van der Waals surface area contributed by atoms with Crippen molar-refractivity contribution in [3.05, 3.63) is 54.6 Å². The first-order valence-electron chi connectivity index (χ1n) is 9.27. The van der Waals surface area contributed by atoms with Crippen LogP contribution in [0.2, 0.25) is 0 Å². The zero-order chi connectivity index (χ0) is 22.0. The highest BCUT2D eigenvalue weighted by atomic mass is 19.4. The topological polar surface area (TPSA) is 84.2 Å². The van der Waals surface area contributed by atoms with E-state index in [0.29, 0.717) is 34.6 Å². The Balaban J connectivity index is 1.75. The molecule has 7 nitrogen and oxygen atoms in total. The first-order chi connectivity index (χ1) is 14.8. The molecule has 0 atom stereocenters. The number of hydrogen-bond donors (Lipinski definition) is 2. The lowest BCUT2D eigenvalue weighted by molar-refractivity contribution is -0.121. The van der Waals surface area contributed by atoms with Gasteiger partial charge in [-0.15, -0.1) is 0 Å². The van der Waals surface area contributed by atoms with E-state index in [1.165, 1.54) is 29.1 Å². The first-order valence-corrected chi connectivity index (χ1v) is 9.27. The van der Waals surface area contributed by atoms with Gasteiger partial charge in [0.05, 0.1) is 0 Å². The van der Waals surface area contributed by atoms with Crippen LogP contribution in [0.4, 0.5) is 23.4 Å². The van der Waals surface area contributed by atoms with Crippen molar-refractivity contribution in [1.29, 1.82) is 0 Å². The Hall–Kier alpha value is -3.76. The van der Waals surface area contributed by atoms with E-state index in [0.717, 1.165) is 0 Å². The molecular weight excluding hydrogens is 416 g/mol. The van der Waals surface area contributed by atoms with Gasteiger partial charge < -0.3 is 5.32 Å². The third-order valence-corrected chi connectivity index (χ3v) is 4.52. The highest BCUT2D eigenvalue weighted by Crippen LogP contribution is 2.32. The molecule has 2 N–H and O–H groups in total. The van der Waals surface area contributed by atoms with Crippen LogP contribution in [0.3, 0.4) is 0 Å². The number of pyridine rings is 1. The number of nitrogens with zero attached hydrogens (tertiary/aromatic N) is 4. The number of rotatable bonds is 4. The van der Waals surface area contributed by atoms with Crippen LogP contribution < -0.4 is 10.7 Å². The van der Waals surface area contributed by atoms with Gasteiger partial charge in [0.15, 0.2) is 5.84 Å².